The number of Topliss-reactive ketones (excluding diaryl/α,β-unsaturated/α-hetero) is 1. The summed E-state index contributed by atoms with van der Waals surface area (Å²) in [5, 5.41) is 2.59. The molecular formula is C13H24NNaO5S. The number of nitrogens with one attached hydrogen (secondary N) is 1. The Morgan fingerprint density at radius 1 is 1.05 bits per heavy atom. The van der Waals surface area contributed by atoms with Crippen LogP contribution in [0.3, 0.4) is 0 Å². The van der Waals surface area contributed by atoms with Crippen LogP contribution in [0.15, 0.2) is 0 Å². The van der Waals surface area contributed by atoms with E-state index >= 15 is 0 Å². The van der Waals surface area contributed by atoms with Gasteiger partial charge in [-0.1, -0.05) is 32.1 Å². The third kappa shape index (κ3) is 20.2. The van der Waals surface area contributed by atoms with E-state index in [-0.39, 0.29) is 35.3 Å². The van der Waals surface area contributed by atoms with Crippen molar-refractivity contribution in [1.82, 2.24) is 5.32 Å². The summed E-state index contributed by atoms with van der Waals surface area (Å²) >= 11 is -2.64. The van der Waals surface area contributed by atoms with Crippen molar-refractivity contribution in [2.75, 3.05) is 13.2 Å². The van der Waals surface area contributed by atoms with E-state index in [1.807, 2.05) is 0 Å². The molecule has 6 nitrogen and oxygen atoms in total. The van der Waals surface area contributed by atoms with Crippen molar-refractivity contribution in [1.29, 1.82) is 0 Å². The Labute approximate surface area is 151 Å². The molecule has 1 amide bonds. The van der Waals surface area contributed by atoms with Crippen molar-refractivity contribution in [3.63, 3.8) is 0 Å². The maximum Gasteiger partial charge on any atom is 1.00 e. The molecule has 0 saturated carbocycles. The van der Waals surface area contributed by atoms with Gasteiger partial charge in [-0.3, -0.25) is 8.98 Å². The topological polar surface area (TPSA) is 95.5 Å². The molecule has 0 rings (SSSR count). The van der Waals surface area contributed by atoms with E-state index in [2.05, 4.69) is 9.50 Å². The van der Waals surface area contributed by atoms with E-state index in [0.29, 0.717) is 13.0 Å². The molecule has 0 aliphatic carbocycles. The van der Waals surface area contributed by atoms with Gasteiger partial charge < -0.3 is 14.7 Å². The van der Waals surface area contributed by atoms with Crippen LogP contribution in [0.2, 0.25) is 0 Å². The van der Waals surface area contributed by atoms with Gasteiger partial charge in [0.05, 0.1) is 11.4 Å². The second-order valence-corrected chi connectivity index (χ2v) is 5.39. The standard InChI is InChI=1S/C13H25NO5S.Na/c1-12(15)9-7-5-3-2-4-6-8-10-14-13(16)11-19-20(17)18;/h2-11H2,1H3,(H,14,16)(H,17,18);/q;+1/p-1. The van der Waals surface area contributed by atoms with E-state index in [0.717, 1.165) is 44.9 Å². The largest absolute Gasteiger partial charge is 1.00 e. The Balaban J connectivity index is 0. The van der Waals surface area contributed by atoms with Crippen LogP contribution in [0.4, 0.5) is 0 Å². The first kappa shape index (κ1) is 23.5. The van der Waals surface area contributed by atoms with Crippen LogP contribution >= 0.6 is 0 Å². The molecule has 0 aliphatic heterocycles. The Kier molecular flexibility index (Phi) is 18.5. The molecule has 1 N–H and O–H groups in total. The molecule has 1 unspecified atom stereocenters. The summed E-state index contributed by atoms with van der Waals surface area (Å²) < 4.78 is 24.2. The Morgan fingerprint density at radius 2 is 1.57 bits per heavy atom. The molecule has 0 saturated heterocycles. The average molecular weight is 329 g/mol. The van der Waals surface area contributed by atoms with Crippen LogP contribution < -0.4 is 34.9 Å². The Bertz CT molecular complexity index is 315. The van der Waals surface area contributed by atoms with Crippen molar-refractivity contribution < 1.29 is 52.1 Å². The van der Waals surface area contributed by atoms with Crippen LogP contribution in [-0.2, 0) is 25.1 Å². The SMILES string of the molecule is CC(=O)CCCCCCCCCNC(=O)COS(=O)[O-].[Na+]. The van der Waals surface area contributed by atoms with Gasteiger partial charge in [0, 0.05) is 13.0 Å². The fourth-order valence-corrected chi connectivity index (χ4v) is 1.97. The van der Waals surface area contributed by atoms with Crippen LogP contribution in [0.1, 0.15) is 58.3 Å². The monoisotopic (exact) mass is 329 g/mol. The number of ketones is 1. The molecule has 0 aromatic rings. The smallest absolute Gasteiger partial charge is 0.750 e. The summed E-state index contributed by atoms with van der Waals surface area (Å²) in [6.07, 6.45) is 8.06. The predicted molar refractivity (Wildman–Crippen MR) is 75.5 cm³/mol. The minimum absolute atomic E-state index is 0. The van der Waals surface area contributed by atoms with Crippen molar-refractivity contribution in [3.8, 4) is 0 Å². The van der Waals surface area contributed by atoms with Gasteiger partial charge in [0.1, 0.15) is 12.4 Å². The van der Waals surface area contributed by atoms with Crippen LogP contribution in [-0.4, -0.2) is 33.6 Å². The summed E-state index contributed by atoms with van der Waals surface area (Å²) in [4.78, 5) is 21.8. The maximum atomic E-state index is 11.1. The minimum atomic E-state index is -2.64. The molecule has 0 spiro atoms. The molecule has 8 heteroatoms. The van der Waals surface area contributed by atoms with Gasteiger partial charge in [0.15, 0.2) is 0 Å². The maximum absolute atomic E-state index is 11.1. The van der Waals surface area contributed by atoms with Gasteiger partial charge in [-0.2, -0.15) is 0 Å². The number of unbranched alkanes of at least 4 members (excludes halogenated alkanes) is 6. The molecule has 118 valence electrons. The molecular weight excluding hydrogens is 305 g/mol. The van der Waals surface area contributed by atoms with Gasteiger partial charge in [-0.05, 0) is 19.8 Å². The summed E-state index contributed by atoms with van der Waals surface area (Å²) in [6, 6.07) is 0. The zero-order valence-electron chi connectivity index (χ0n) is 13.0. The number of hydrogen-bond acceptors (Lipinski definition) is 5. The molecule has 0 radical (unpaired) electrons. The molecule has 0 fully saturated rings. The predicted octanol–water partition coefficient (Wildman–Crippen LogP) is -1.37. The Hall–Kier alpha value is 0.210. The first-order chi connectivity index (χ1) is 9.52. The zero-order valence-corrected chi connectivity index (χ0v) is 15.8. The summed E-state index contributed by atoms with van der Waals surface area (Å²) in [6.45, 7) is 1.71. The van der Waals surface area contributed by atoms with Gasteiger partial charge in [-0.15, -0.1) is 0 Å². The zero-order chi connectivity index (χ0) is 15.2. The van der Waals surface area contributed by atoms with Crippen molar-refractivity contribution in [2.24, 2.45) is 0 Å². The van der Waals surface area contributed by atoms with E-state index < -0.39 is 23.9 Å². The first-order valence-electron chi connectivity index (χ1n) is 7.01. The van der Waals surface area contributed by atoms with E-state index in [9.17, 15) is 18.4 Å². The quantitative estimate of drug-likeness (QED) is 0.255. The molecule has 0 aliphatic rings. The normalized spacial score (nSPS) is 11.5. The molecule has 1 atom stereocenters. The van der Waals surface area contributed by atoms with E-state index in [1.165, 1.54) is 0 Å². The minimum Gasteiger partial charge on any atom is -0.750 e. The van der Waals surface area contributed by atoms with Crippen LogP contribution in [0.25, 0.3) is 0 Å². The average Bonchev–Trinajstić information content (AvgIpc) is 2.38. The summed E-state index contributed by atoms with van der Waals surface area (Å²) in [5.74, 6) is -0.163. The number of carbonyl (C=O) groups is 2. The van der Waals surface area contributed by atoms with Crippen molar-refractivity contribution in [2.45, 2.75) is 58.3 Å². The third-order valence-electron chi connectivity index (χ3n) is 2.81. The number of amides is 1. The fraction of sp³-hybridized carbons (Fsp3) is 0.846. The van der Waals surface area contributed by atoms with E-state index in [4.69, 9.17) is 0 Å². The first-order valence-corrected chi connectivity index (χ1v) is 8.01. The molecule has 0 aromatic carbocycles. The molecule has 0 heterocycles. The second-order valence-electron chi connectivity index (χ2n) is 4.74. The van der Waals surface area contributed by atoms with Gasteiger partial charge in [0.25, 0.3) is 0 Å². The van der Waals surface area contributed by atoms with Gasteiger partial charge in [0.2, 0.25) is 5.91 Å². The molecule has 21 heavy (non-hydrogen) atoms. The fourth-order valence-electron chi connectivity index (χ4n) is 1.76. The Morgan fingerprint density at radius 3 is 2.10 bits per heavy atom. The third-order valence-corrected chi connectivity index (χ3v) is 3.12. The van der Waals surface area contributed by atoms with Gasteiger partial charge in [-0.25, -0.2) is 4.21 Å². The molecule has 0 aromatic heterocycles. The molecule has 0 bridgehead atoms. The second kappa shape index (κ2) is 16.6. The van der Waals surface area contributed by atoms with E-state index in [1.54, 1.807) is 6.92 Å². The van der Waals surface area contributed by atoms with Crippen molar-refractivity contribution in [3.05, 3.63) is 0 Å². The van der Waals surface area contributed by atoms with Gasteiger partial charge >= 0.3 is 29.6 Å². The van der Waals surface area contributed by atoms with Crippen LogP contribution in [0.5, 0.6) is 0 Å². The van der Waals surface area contributed by atoms with Crippen LogP contribution in [0, 0.1) is 0 Å². The number of rotatable bonds is 13. The number of hydrogen-bond donors (Lipinski definition) is 1. The summed E-state index contributed by atoms with van der Waals surface area (Å²) in [7, 11) is 0. The van der Waals surface area contributed by atoms with Crippen molar-refractivity contribution >= 4 is 23.1 Å². The summed E-state index contributed by atoms with van der Waals surface area (Å²) in [5.41, 5.74) is 0. The number of carbonyl (C=O) groups excluding carboxylic acids is 2.